The molecule has 0 spiro atoms. The molecule has 5 heterocycles. The van der Waals surface area contributed by atoms with Crippen molar-refractivity contribution in [1.29, 1.82) is 0 Å². The van der Waals surface area contributed by atoms with E-state index in [-0.39, 0.29) is 0 Å². The minimum Gasteiger partial charge on any atom is -0.369 e. The fraction of sp³-hybridized carbons (Fsp3) is 0.439. The Balaban J connectivity index is 0.000000129. The Bertz CT molecular complexity index is 2240. The number of hydrogen-bond acceptors (Lipinski definition) is 4. The maximum atomic E-state index is 2.53. The molecule has 1 aromatic heterocycles. The van der Waals surface area contributed by atoms with Crippen LogP contribution in [0, 0.1) is 0 Å². The molecule has 0 N–H and O–H groups in total. The van der Waals surface area contributed by atoms with Crippen LogP contribution in [-0.2, 0) is 38.9 Å². The van der Waals surface area contributed by atoms with E-state index in [0.717, 1.165) is 19.6 Å². The Labute approximate surface area is 376 Å². The molecule has 0 atom stereocenters. The van der Waals surface area contributed by atoms with Gasteiger partial charge in [-0.3, -0.25) is 9.80 Å². The minimum atomic E-state index is 0.546. The Hall–Kier alpha value is -4.84. The molecular weight excluding hydrogens is 755 g/mol. The predicted molar refractivity (Wildman–Crippen MR) is 269 cm³/mol. The van der Waals surface area contributed by atoms with Gasteiger partial charge in [0.2, 0.25) is 0 Å². The number of anilines is 2. The molecule has 4 aliphatic heterocycles. The summed E-state index contributed by atoms with van der Waals surface area (Å²) in [5.41, 5.74) is 13.3. The van der Waals surface area contributed by atoms with Crippen LogP contribution in [0.2, 0.25) is 0 Å². The topological polar surface area (TPSA) is 17.9 Å². The number of aryl methyl sites for hydroxylation is 1. The number of hydrogen-bond donors (Lipinski definition) is 0. The molecule has 62 heavy (non-hydrogen) atoms. The number of nitrogens with zero attached hydrogens (tertiary/aromatic N) is 5. The van der Waals surface area contributed by atoms with Crippen LogP contribution in [0.15, 0.2) is 134 Å². The SMILES string of the molecule is CC(C)N1CCCc2ccccc21.CC(C)N1CCc2ccccc21.CC(C)N1CCc2ccccc2C1.CC(C)N1Cc2ccccc2C1.CC(C)n1ccc2ccccc21. The summed E-state index contributed by atoms with van der Waals surface area (Å²) in [6.07, 6.45) is 7.13. The summed E-state index contributed by atoms with van der Waals surface area (Å²) in [6, 6.07) is 48.8. The van der Waals surface area contributed by atoms with Gasteiger partial charge in [0, 0.05) is 92.6 Å². The third kappa shape index (κ3) is 12.2. The maximum Gasteiger partial charge on any atom is 0.0482 e. The van der Waals surface area contributed by atoms with Gasteiger partial charge in [0.1, 0.15) is 0 Å². The fourth-order valence-corrected chi connectivity index (χ4v) is 9.24. The van der Waals surface area contributed by atoms with Gasteiger partial charge >= 0.3 is 0 Å². The van der Waals surface area contributed by atoms with Crippen molar-refractivity contribution in [2.45, 2.75) is 145 Å². The van der Waals surface area contributed by atoms with Crippen molar-refractivity contribution >= 4 is 22.3 Å². The number of rotatable bonds is 5. The van der Waals surface area contributed by atoms with Crippen LogP contribution in [-0.4, -0.2) is 58.2 Å². The zero-order valence-electron chi connectivity index (χ0n) is 39.9. The molecular formula is C57H77N5. The first-order valence-electron chi connectivity index (χ1n) is 23.8. The van der Waals surface area contributed by atoms with Crippen LogP contribution in [0.25, 0.3) is 10.9 Å². The highest BCUT2D eigenvalue weighted by molar-refractivity contribution is 5.80. The summed E-state index contributed by atoms with van der Waals surface area (Å²) in [5, 5.41) is 1.33. The normalized spacial score (nSPS) is 15.5. The first-order chi connectivity index (χ1) is 29.9. The minimum absolute atomic E-state index is 0.546. The van der Waals surface area contributed by atoms with Crippen LogP contribution >= 0.6 is 0 Å². The Kier molecular flexibility index (Phi) is 16.9. The Morgan fingerprint density at radius 3 is 1.34 bits per heavy atom. The highest BCUT2D eigenvalue weighted by atomic mass is 15.2. The predicted octanol–water partition coefficient (Wildman–Crippen LogP) is 13.4. The van der Waals surface area contributed by atoms with Crippen molar-refractivity contribution in [1.82, 2.24) is 14.4 Å². The highest BCUT2D eigenvalue weighted by Crippen LogP contribution is 2.30. The Morgan fingerprint density at radius 2 is 0.790 bits per heavy atom. The van der Waals surface area contributed by atoms with Crippen molar-refractivity contribution < 1.29 is 0 Å². The molecule has 10 rings (SSSR count). The van der Waals surface area contributed by atoms with E-state index in [4.69, 9.17) is 0 Å². The summed E-state index contributed by atoms with van der Waals surface area (Å²) in [6.45, 7) is 29.5. The van der Waals surface area contributed by atoms with Gasteiger partial charge < -0.3 is 14.4 Å². The van der Waals surface area contributed by atoms with E-state index in [1.807, 2.05) is 0 Å². The van der Waals surface area contributed by atoms with Crippen molar-refractivity contribution in [3.8, 4) is 0 Å². The van der Waals surface area contributed by atoms with Crippen LogP contribution in [0.1, 0.15) is 115 Å². The molecule has 0 aliphatic carbocycles. The smallest absolute Gasteiger partial charge is 0.0482 e. The van der Waals surface area contributed by atoms with Crippen molar-refractivity contribution in [3.05, 3.63) is 167 Å². The lowest BCUT2D eigenvalue weighted by atomic mass is 9.99. The maximum absolute atomic E-state index is 2.53. The largest absolute Gasteiger partial charge is 0.369 e. The third-order valence-electron chi connectivity index (χ3n) is 13.0. The lowest BCUT2D eigenvalue weighted by molar-refractivity contribution is 0.203. The average Bonchev–Trinajstić information content (AvgIpc) is 4.05. The molecule has 0 amide bonds. The highest BCUT2D eigenvalue weighted by Gasteiger charge is 2.21. The van der Waals surface area contributed by atoms with Crippen molar-refractivity contribution in [3.63, 3.8) is 0 Å². The van der Waals surface area contributed by atoms with Gasteiger partial charge in [-0.2, -0.15) is 0 Å². The molecule has 5 heteroatoms. The molecule has 6 aromatic rings. The molecule has 0 saturated heterocycles. The quantitative estimate of drug-likeness (QED) is 0.172. The Morgan fingerprint density at radius 1 is 0.355 bits per heavy atom. The van der Waals surface area contributed by atoms with Gasteiger partial charge in [-0.15, -0.1) is 0 Å². The van der Waals surface area contributed by atoms with Crippen molar-refractivity contribution in [2.24, 2.45) is 0 Å². The number of para-hydroxylation sites is 3. The molecule has 0 bridgehead atoms. The lowest BCUT2D eigenvalue weighted by Crippen LogP contribution is -2.35. The second kappa shape index (κ2) is 22.5. The van der Waals surface area contributed by atoms with Gasteiger partial charge in [-0.1, -0.05) is 103 Å². The van der Waals surface area contributed by atoms with Gasteiger partial charge in [0.25, 0.3) is 0 Å². The second-order valence-corrected chi connectivity index (χ2v) is 18.9. The molecule has 0 radical (unpaired) electrons. The van der Waals surface area contributed by atoms with E-state index < -0.39 is 0 Å². The van der Waals surface area contributed by atoms with Crippen LogP contribution in [0.4, 0.5) is 11.4 Å². The molecule has 5 nitrogen and oxygen atoms in total. The molecule has 0 unspecified atom stereocenters. The van der Waals surface area contributed by atoms with E-state index in [2.05, 4.69) is 227 Å². The van der Waals surface area contributed by atoms with Gasteiger partial charge in [0.15, 0.2) is 0 Å². The summed E-state index contributed by atoms with van der Waals surface area (Å²) < 4.78 is 2.29. The number of fused-ring (bicyclic) bond motifs is 5. The molecule has 4 aliphatic rings. The summed E-state index contributed by atoms with van der Waals surface area (Å²) >= 11 is 0. The molecule has 330 valence electrons. The molecule has 0 saturated carbocycles. The zero-order valence-corrected chi connectivity index (χ0v) is 39.9. The summed E-state index contributed by atoms with van der Waals surface area (Å²) in [7, 11) is 0. The van der Waals surface area contributed by atoms with E-state index in [9.17, 15) is 0 Å². The first-order valence-corrected chi connectivity index (χ1v) is 23.8. The van der Waals surface area contributed by atoms with E-state index in [0.29, 0.717) is 30.2 Å². The molecule has 5 aromatic carbocycles. The average molecular weight is 832 g/mol. The first kappa shape index (κ1) is 46.7. The second-order valence-electron chi connectivity index (χ2n) is 18.9. The number of benzene rings is 5. The molecule has 0 fully saturated rings. The summed E-state index contributed by atoms with van der Waals surface area (Å²) in [4.78, 5) is 9.99. The summed E-state index contributed by atoms with van der Waals surface area (Å²) in [5.74, 6) is 0. The monoisotopic (exact) mass is 832 g/mol. The van der Waals surface area contributed by atoms with Crippen molar-refractivity contribution in [2.75, 3.05) is 29.4 Å². The van der Waals surface area contributed by atoms with Crippen LogP contribution in [0.3, 0.4) is 0 Å². The third-order valence-corrected chi connectivity index (χ3v) is 13.0. The zero-order chi connectivity index (χ0) is 44.2. The van der Waals surface area contributed by atoms with E-state index in [1.54, 1.807) is 5.56 Å². The lowest BCUT2D eigenvalue weighted by Gasteiger charge is -2.34. The van der Waals surface area contributed by atoms with E-state index in [1.165, 1.54) is 95.4 Å². The van der Waals surface area contributed by atoms with Crippen LogP contribution in [0.5, 0.6) is 0 Å². The van der Waals surface area contributed by atoms with Crippen LogP contribution < -0.4 is 9.80 Å². The van der Waals surface area contributed by atoms with E-state index >= 15 is 0 Å². The van der Waals surface area contributed by atoms with Gasteiger partial charge in [-0.05, 0) is 158 Å². The number of aromatic nitrogens is 1. The van der Waals surface area contributed by atoms with Gasteiger partial charge in [-0.25, -0.2) is 0 Å². The standard InChI is InChI=1S/2C12H17N.2C11H15N.C11H13N/c1-10(2)13-9-5-7-11-6-3-4-8-12(11)13;1-10(2)13-8-7-11-5-3-4-6-12(11)9-13;1-9(2)12-7-10-5-3-4-6-11(10)8-12;2*1-9(2)12-8-7-10-5-3-4-6-11(10)12/h3-4,6,8,10H,5,7,9H2,1-2H3;3-6,10H,7-9H2,1-2H3;2*3-6,9H,7-8H2,1-2H3;3-9H,1-2H3. The van der Waals surface area contributed by atoms with Gasteiger partial charge in [0.05, 0.1) is 0 Å². The fourth-order valence-electron chi connectivity index (χ4n) is 9.24.